The minimum atomic E-state index is -0.303. The first-order valence-electron chi connectivity index (χ1n) is 6.02. The Balaban J connectivity index is 1.79. The Morgan fingerprint density at radius 3 is 2.94 bits per heavy atom. The lowest BCUT2D eigenvalue weighted by atomic mass is 10.2. The Kier molecular flexibility index (Phi) is 3.79. The van der Waals surface area contributed by atoms with Crippen LogP contribution in [0.2, 0.25) is 0 Å². The molecule has 0 aliphatic heterocycles. The maximum absolute atomic E-state index is 10.6. The van der Waals surface area contributed by atoms with Crippen molar-refractivity contribution in [1.29, 1.82) is 0 Å². The van der Waals surface area contributed by atoms with Gasteiger partial charge in [0, 0.05) is 10.9 Å². The van der Waals surface area contributed by atoms with Crippen molar-refractivity contribution < 1.29 is 4.92 Å². The summed E-state index contributed by atoms with van der Waals surface area (Å²) in [7, 11) is 0. The first-order chi connectivity index (χ1) is 8.08. The lowest BCUT2D eigenvalue weighted by Gasteiger charge is -2.06. The third-order valence-corrected chi connectivity index (χ3v) is 4.21. The summed E-state index contributed by atoms with van der Waals surface area (Å²) in [5.74, 6) is 1.90. The zero-order chi connectivity index (χ0) is 12.4. The molecule has 1 aromatic heterocycles. The Hall–Kier alpha value is -0.940. The van der Waals surface area contributed by atoms with E-state index in [0.717, 1.165) is 13.1 Å². The highest BCUT2D eigenvalue weighted by Gasteiger charge is 2.39. The van der Waals surface area contributed by atoms with Crippen molar-refractivity contribution in [3.63, 3.8) is 0 Å². The van der Waals surface area contributed by atoms with Gasteiger partial charge in [0.15, 0.2) is 0 Å². The quantitative estimate of drug-likeness (QED) is 0.627. The van der Waals surface area contributed by atoms with Gasteiger partial charge in [0.05, 0.1) is 4.92 Å². The number of hydrogen-bond donors (Lipinski definition) is 1. The number of rotatable bonds is 6. The van der Waals surface area contributed by atoms with Gasteiger partial charge in [0.2, 0.25) is 0 Å². The molecule has 1 aromatic rings. The van der Waals surface area contributed by atoms with Crippen LogP contribution in [-0.2, 0) is 0 Å². The fourth-order valence-electron chi connectivity index (χ4n) is 2.02. The Labute approximate surface area is 105 Å². The second kappa shape index (κ2) is 5.14. The van der Waals surface area contributed by atoms with E-state index in [4.69, 9.17) is 0 Å². The molecule has 17 heavy (non-hydrogen) atoms. The van der Waals surface area contributed by atoms with Crippen molar-refractivity contribution >= 4 is 16.3 Å². The molecule has 0 aromatic carbocycles. The summed E-state index contributed by atoms with van der Waals surface area (Å²) >= 11 is 1.33. The van der Waals surface area contributed by atoms with Gasteiger partial charge in [-0.15, -0.1) is 0 Å². The van der Waals surface area contributed by atoms with Crippen LogP contribution in [0.25, 0.3) is 0 Å². The molecule has 1 fully saturated rings. The van der Waals surface area contributed by atoms with Crippen LogP contribution in [0.3, 0.4) is 0 Å². The molecule has 0 spiro atoms. The minimum absolute atomic E-state index is 0.265. The van der Waals surface area contributed by atoms with E-state index in [0.29, 0.717) is 17.8 Å². The Morgan fingerprint density at radius 1 is 1.59 bits per heavy atom. The molecule has 4 nitrogen and oxygen atoms in total. The Morgan fingerprint density at radius 2 is 2.35 bits per heavy atom. The highest BCUT2D eigenvalue weighted by molar-refractivity contribution is 7.15. The van der Waals surface area contributed by atoms with Gasteiger partial charge >= 0.3 is 5.00 Å². The molecule has 0 bridgehead atoms. The van der Waals surface area contributed by atoms with Crippen molar-refractivity contribution in [1.82, 2.24) is 5.32 Å². The Bertz CT molecular complexity index is 403. The SMILES string of the molecule is CC(C)CNCC1CC1c1ccc([N+](=O)[O-])s1. The van der Waals surface area contributed by atoms with E-state index in [-0.39, 0.29) is 9.92 Å². The molecule has 1 heterocycles. The standard InChI is InChI=1S/C12H18N2O2S/c1-8(2)6-13-7-9-5-10(9)11-3-4-12(17-11)14(15)16/h3-4,8-10,13H,5-7H2,1-2H3. The van der Waals surface area contributed by atoms with Gasteiger partial charge in [-0.2, -0.15) is 0 Å². The van der Waals surface area contributed by atoms with E-state index in [1.807, 2.05) is 6.07 Å². The highest BCUT2D eigenvalue weighted by Crippen LogP contribution is 2.50. The minimum Gasteiger partial charge on any atom is -0.316 e. The first-order valence-corrected chi connectivity index (χ1v) is 6.84. The average molecular weight is 254 g/mol. The van der Waals surface area contributed by atoms with Crippen LogP contribution in [0.4, 0.5) is 5.00 Å². The summed E-state index contributed by atoms with van der Waals surface area (Å²) in [5, 5.41) is 14.3. The van der Waals surface area contributed by atoms with Crippen LogP contribution in [0.1, 0.15) is 31.1 Å². The summed E-state index contributed by atoms with van der Waals surface area (Å²) < 4.78 is 0. The van der Waals surface area contributed by atoms with Gasteiger partial charge in [0.1, 0.15) is 0 Å². The van der Waals surface area contributed by atoms with E-state index in [1.165, 1.54) is 22.6 Å². The summed E-state index contributed by atoms with van der Waals surface area (Å²) in [6, 6.07) is 3.53. The lowest BCUT2D eigenvalue weighted by Crippen LogP contribution is -2.22. The smallest absolute Gasteiger partial charge is 0.316 e. The van der Waals surface area contributed by atoms with Crippen LogP contribution in [-0.4, -0.2) is 18.0 Å². The fraction of sp³-hybridized carbons (Fsp3) is 0.667. The van der Waals surface area contributed by atoms with Gasteiger partial charge in [-0.1, -0.05) is 25.2 Å². The molecular weight excluding hydrogens is 236 g/mol. The number of nitrogens with zero attached hydrogens (tertiary/aromatic N) is 1. The number of thiophene rings is 1. The molecule has 2 rings (SSSR count). The van der Waals surface area contributed by atoms with Gasteiger partial charge in [0.25, 0.3) is 0 Å². The van der Waals surface area contributed by atoms with E-state index >= 15 is 0 Å². The number of nitro groups is 1. The maximum Gasteiger partial charge on any atom is 0.324 e. The zero-order valence-corrected chi connectivity index (χ0v) is 11.0. The monoisotopic (exact) mass is 254 g/mol. The van der Waals surface area contributed by atoms with Crippen LogP contribution in [0.15, 0.2) is 12.1 Å². The average Bonchev–Trinajstić information content (AvgIpc) is 2.85. The normalized spacial score (nSPS) is 23.0. The molecule has 1 saturated carbocycles. The van der Waals surface area contributed by atoms with E-state index in [1.54, 1.807) is 6.07 Å². The van der Waals surface area contributed by atoms with Crippen molar-refractivity contribution in [3.05, 3.63) is 27.1 Å². The van der Waals surface area contributed by atoms with Crippen LogP contribution in [0, 0.1) is 22.0 Å². The number of nitrogens with one attached hydrogen (secondary N) is 1. The predicted molar refractivity (Wildman–Crippen MR) is 69.5 cm³/mol. The first kappa shape index (κ1) is 12.5. The third kappa shape index (κ3) is 3.26. The lowest BCUT2D eigenvalue weighted by molar-refractivity contribution is -0.380. The molecule has 1 aliphatic carbocycles. The van der Waals surface area contributed by atoms with Gasteiger partial charge in [-0.25, -0.2) is 0 Å². The molecule has 2 atom stereocenters. The summed E-state index contributed by atoms with van der Waals surface area (Å²) in [5.41, 5.74) is 0. The molecule has 1 aliphatic rings. The van der Waals surface area contributed by atoms with Crippen LogP contribution < -0.4 is 5.32 Å². The van der Waals surface area contributed by atoms with E-state index in [2.05, 4.69) is 19.2 Å². The molecule has 2 unspecified atom stereocenters. The topological polar surface area (TPSA) is 55.2 Å². The van der Waals surface area contributed by atoms with E-state index < -0.39 is 0 Å². The van der Waals surface area contributed by atoms with Gasteiger partial charge < -0.3 is 5.32 Å². The second-order valence-electron chi connectivity index (χ2n) is 5.09. The van der Waals surface area contributed by atoms with Gasteiger partial charge in [-0.3, -0.25) is 10.1 Å². The van der Waals surface area contributed by atoms with Crippen molar-refractivity contribution in [3.8, 4) is 0 Å². The molecule has 94 valence electrons. The zero-order valence-electron chi connectivity index (χ0n) is 10.2. The molecule has 5 heteroatoms. The maximum atomic E-state index is 10.6. The molecule has 0 radical (unpaired) electrons. The molecule has 0 amide bonds. The van der Waals surface area contributed by atoms with Gasteiger partial charge in [-0.05, 0) is 43.3 Å². The van der Waals surface area contributed by atoms with Crippen molar-refractivity contribution in [2.24, 2.45) is 11.8 Å². The van der Waals surface area contributed by atoms with E-state index in [9.17, 15) is 10.1 Å². The summed E-state index contributed by atoms with van der Waals surface area (Å²) in [6.07, 6.45) is 1.17. The number of hydrogen-bond acceptors (Lipinski definition) is 4. The van der Waals surface area contributed by atoms with Crippen molar-refractivity contribution in [2.75, 3.05) is 13.1 Å². The highest BCUT2D eigenvalue weighted by atomic mass is 32.1. The van der Waals surface area contributed by atoms with Crippen LogP contribution in [0.5, 0.6) is 0 Å². The third-order valence-electron chi connectivity index (χ3n) is 3.04. The second-order valence-corrected chi connectivity index (χ2v) is 6.18. The molecular formula is C12H18N2O2S. The fourth-order valence-corrected chi connectivity index (χ4v) is 3.05. The van der Waals surface area contributed by atoms with Crippen LogP contribution >= 0.6 is 11.3 Å². The largest absolute Gasteiger partial charge is 0.324 e. The molecule has 1 N–H and O–H groups in total. The predicted octanol–water partition coefficient (Wildman–Crippen LogP) is 3.01. The summed E-state index contributed by atoms with van der Waals surface area (Å²) in [6.45, 7) is 6.47. The molecule has 0 saturated heterocycles. The van der Waals surface area contributed by atoms with Crippen molar-refractivity contribution in [2.45, 2.75) is 26.2 Å². The summed E-state index contributed by atoms with van der Waals surface area (Å²) in [4.78, 5) is 11.5.